The molecule has 0 aromatic carbocycles. The van der Waals surface area contributed by atoms with Gasteiger partial charge in [0.2, 0.25) is 5.88 Å². The van der Waals surface area contributed by atoms with Gasteiger partial charge in [-0.15, -0.1) is 0 Å². The summed E-state index contributed by atoms with van der Waals surface area (Å²) in [7, 11) is -1.32. The van der Waals surface area contributed by atoms with Crippen molar-refractivity contribution in [1.82, 2.24) is 25.0 Å². The molecule has 5 N–H and O–H groups in total. The van der Waals surface area contributed by atoms with Crippen LogP contribution in [-0.2, 0) is 5.54 Å². The zero-order valence-corrected chi connectivity index (χ0v) is 21.0. The van der Waals surface area contributed by atoms with Crippen LogP contribution in [0.5, 0.6) is 5.88 Å². The van der Waals surface area contributed by atoms with E-state index in [1.807, 2.05) is 0 Å². The van der Waals surface area contributed by atoms with Gasteiger partial charge < -0.3 is 19.7 Å². The summed E-state index contributed by atoms with van der Waals surface area (Å²) in [5, 5.41) is 13.7. The van der Waals surface area contributed by atoms with Gasteiger partial charge in [-0.25, -0.2) is 24.1 Å². The highest BCUT2D eigenvalue weighted by Gasteiger charge is 2.61. The first-order valence-corrected chi connectivity index (χ1v) is 12.8. The molecule has 0 saturated carbocycles. The van der Waals surface area contributed by atoms with Crippen LogP contribution < -0.4 is 20.1 Å². The minimum absolute atomic E-state index is 0.00429. The lowest BCUT2D eigenvalue weighted by Gasteiger charge is -2.61. The second-order valence-electron chi connectivity index (χ2n) is 9.12. The first-order chi connectivity index (χ1) is 16.9. The maximum absolute atomic E-state index is 15.3. The van der Waals surface area contributed by atoms with Crippen LogP contribution in [0.1, 0.15) is 49.8 Å². The number of halogens is 1. The summed E-state index contributed by atoms with van der Waals surface area (Å²) in [6, 6.07) is 2.44. The summed E-state index contributed by atoms with van der Waals surface area (Å²) in [5.41, 5.74) is -1.56. The normalized spacial score (nSPS) is 28.6. The Morgan fingerprint density at radius 1 is 1.22 bits per heavy atom. The fourth-order valence-electron chi connectivity index (χ4n) is 4.59. The third-order valence-corrected chi connectivity index (χ3v) is 10.5. The van der Waals surface area contributed by atoms with Crippen molar-refractivity contribution in [2.75, 3.05) is 19.0 Å². The topological polar surface area (TPSA) is 171 Å². The Kier molecular flexibility index (Phi) is 6.62. The van der Waals surface area contributed by atoms with Crippen molar-refractivity contribution in [2.45, 2.75) is 49.1 Å². The number of carbonyl (C=O) groups is 2. The first-order valence-electron chi connectivity index (χ1n) is 11.2. The van der Waals surface area contributed by atoms with Gasteiger partial charge in [0.05, 0.1) is 29.5 Å². The standard InChI is InChI=1S/C22H28FN7O5S/c1-21(2)19(29-20(32)33)30-22(3,14-6-5-9-26-36(14,21)34)17-12(23)7-8-15(27-17)28-18(31)13-10-25-16(35-4)11-24-13/h7-8,10-11,14,26,34H,5-6,9H2,1-4H3,(H,29,30)(H,32,33)(H,27,28,31)/t14-,22+/m1/s1. The Labute approximate surface area is 208 Å². The highest BCUT2D eigenvalue weighted by Crippen LogP contribution is 2.66. The van der Waals surface area contributed by atoms with E-state index in [2.05, 4.69) is 35.3 Å². The monoisotopic (exact) mass is 521 g/mol. The highest BCUT2D eigenvalue weighted by atomic mass is 32.3. The van der Waals surface area contributed by atoms with Crippen LogP contribution in [-0.4, -0.2) is 66.1 Å². The van der Waals surface area contributed by atoms with Crippen LogP contribution in [0, 0.1) is 5.82 Å². The third kappa shape index (κ3) is 4.24. The van der Waals surface area contributed by atoms with E-state index in [0.29, 0.717) is 19.4 Å². The number of pyridine rings is 1. The van der Waals surface area contributed by atoms with Crippen molar-refractivity contribution in [3.05, 3.63) is 41.7 Å². The van der Waals surface area contributed by atoms with Crippen LogP contribution >= 0.6 is 10.5 Å². The van der Waals surface area contributed by atoms with E-state index < -0.39 is 43.8 Å². The quantitative estimate of drug-likeness (QED) is 0.406. The number of nitrogens with one attached hydrogen (secondary N) is 3. The predicted octanol–water partition coefficient (Wildman–Crippen LogP) is 2.89. The summed E-state index contributed by atoms with van der Waals surface area (Å²) in [5.74, 6) is -1.05. The molecule has 2 aliphatic rings. The minimum atomic E-state index is -2.74. The number of fused-ring (bicyclic) bond motifs is 1. The molecule has 1 fully saturated rings. The minimum Gasteiger partial charge on any atom is -0.480 e. The molecular weight excluding hydrogens is 493 g/mol. The van der Waals surface area contributed by atoms with Gasteiger partial charge >= 0.3 is 6.09 Å². The van der Waals surface area contributed by atoms with Gasteiger partial charge in [-0.05, 0) is 45.7 Å². The second kappa shape index (κ2) is 9.26. The number of hydrogen-bond acceptors (Lipinski definition) is 9. The maximum atomic E-state index is 15.3. The number of ether oxygens (including phenoxy) is 1. The van der Waals surface area contributed by atoms with Crippen LogP contribution in [0.3, 0.4) is 0 Å². The molecule has 2 aromatic rings. The Bertz CT molecular complexity index is 1230. The summed E-state index contributed by atoms with van der Waals surface area (Å²) in [4.78, 5) is 41.2. The Balaban J connectivity index is 1.77. The molecule has 0 radical (unpaired) electrons. The average molecular weight is 522 g/mol. The number of amidine groups is 1. The van der Waals surface area contributed by atoms with Gasteiger partial charge in [-0.1, -0.05) is 10.5 Å². The molecule has 1 saturated heterocycles. The lowest BCUT2D eigenvalue weighted by atomic mass is 9.88. The number of carboxylic acid groups (broad SMARTS) is 1. The number of aromatic nitrogens is 3. The number of amides is 2. The van der Waals surface area contributed by atoms with E-state index in [4.69, 9.17) is 4.74 Å². The first kappa shape index (κ1) is 25.7. The van der Waals surface area contributed by atoms with E-state index in [1.165, 1.54) is 25.6 Å². The fourth-order valence-corrected chi connectivity index (χ4v) is 8.05. The van der Waals surface area contributed by atoms with E-state index in [1.54, 1.807) is 20.8 Å². The van der Waals surface area contributed by atoms with Crippen LogP contribution in [0.2, 0.25) is 0 Å². The third-order valence-electron chi connectivity index (χ3n) is 6.56. The molecule has 0 bridgehead atoms. The van der Waals surface area contributed by atoms with Crippen LogP contribution in [0.4, 0.5) is 15.0 Å². The smallest absolute Gasteiger partial charge is 0.410 e. The number of anilines is 1. The summed E-state index contributed by atoms with van der Waals surface area (Å²) in [6.45, 7) is 5.56. The number of rotatable bonds is 4. The lowest BCUT2D eigenvalue weighted by Crippen LogP contribution is -2.63. The van der Waals surface area contributed by atoms with Crippen molar-refractivity contribution >= 4 is 34.1 Å². The van der Waals surface area contributed by atoms with Crippen molar-refractivity contribution in [3.63, 3.8) is 0 Å². The van der Waals surface area contributed by atoms with Gasteiger partial charge in [-0.2, -0.15) is 0 Å². The molecule has 14 heteroatoms. The number of methoxy groups -OCH3 is 1. The van der Waals surface area contributed by atoms with Crippen LogP contribution in [0.15, 0.2) is 29.5 Å². The molecule has 4 rings (SSSR count). The summed E-state index contributed by atoms with van der Waals surface area (Å²) in [6.07, 6.45) is 2.39. The van der Waals surface area contributed by atoms with Gasteiger partial charge in [0, 0.05) is 6.54 Å². The molecule has 2 amide bonds. The lowest BCUT2D eigenvalue weighted by molar-refractivity contribution is 0.102. The SMILES string of the molecule is COc1cnc(C(=O)Nc2ccc(F)c([C@@]3(C)N=C(NC(=O)O)C(C)(C)S4(O)NCCC[C@H]34)n2)cn1. The zero-order chi connectivity index (χ0) is 26.3. The van der Waals surface area contributed by atoms with Crippen molar-refractivity contribution < 1.29 is 28.4 Å². The zero-order valence-electron chi connectivity index (χ0n) is 20.2. The number of carbonyl (C=O) groups excluding carboxylic acids is 1. The summed E-state index contributed by atoms with van der Waals surface area (Å²) < 4.78 is 34.3. The van der Waals surface area contributed by atoms with Crippen molar-refractivity contribution in [2.24, 2.45) is 4.99 Å². The van der Waals surface area contributed by atoms with E-state index >= 15 is 4.39 Å². The Morgan fingerprint density at radius 2 is 1.97 bits per heavy atom. The summed E-state index contributed by atoms with van der Waals surface area (Å²) >= 11 is 0. The highest BCUT2D eigenvalue weighted by molar-refractivity contribution is 8.29. The molecule has 2 aliphatic heterocycles. The number of hydrogen-bond donors (Lipinski definition) is 5. The van der Waals surface area contributed by atoms with Crippen molar-refractivity contribution in [3.8, 4) is 5.88 Å². The van der Waals surface area contributed by atoms with E-state index in [0.717, 1.165) is 6.07 Å². The van der Waals surface area contributed by atoms with E-state index in [9.17, 15) is 19.2 Å². The van der Waals surface area contributed by atoms with Gasteiger partial charge in [-0.3, -0.25) is 19.8 Å². The molecular formula is C22H28FN7O5S. The van der Waals surface area contributed by atoms with E-state index in [-0.39, 0.29) is 28.9 Å². The fraction of sp³-hybridized carbons (Fsp3) is 0.455. The van der Waals surface area contributed by atoms with Crippen molar-refractivity contribution in [1.29, 1.82) is 0 Å². The molecule has 4 heterocycles. The molecule has 1 unspecified atom stereocenters. The molecule has 0 aliphatic carbocycles. The molecule has 3 atom stereocenters. The van der Waals surface area contributed by atoms with Gasteiger partial charge in [0.25, 0.3) is 5.91 Å². The Hall–Kier alpha value is -3.36. The number of aliphatic imine (C=N–C) groups is 1. The predicted molar refractivity (Wildman–Crippen MR) is 132 cm³/mol. The molecule has 2 aromatic heterocycles. The second-order valence-corrected chi connectivity index (χ2v) is 12.3. The number of nitrogens with zero attached hydrogens (tertiary/aromatic N) is 4. The largest absolute Gasteiger partial charge is 0.480 e. The van der Waals surface area contributed by atoms with Gasteiger partial charge in [0.15, 0.2) is 0 Å². The maximum Gasteiger partial charge on any atom is 0.410 e. The Morgan fingerprint density at radius 3 is 2.61 bits per heavy atom. The molecule has 194 valence electrons. The molecule has 36 heavy (non-hydrogen) atoms. The molecule has 0 spiro atoms. The van der Waals surface area contributed by atoms with Gasteiger partial charge in [0.1, 0.15) is 34.4 Å². The average Bonchev–Trinajstić information content (AvgIpc) is 2.84. The van der Waals surface area contributed by atoms with Crippen LogP contribution in [0.25, 0.3) is 0 Å². The molecule has 12 nitrogen and oxygen atoms in total.